The fourth-order valence-corrected chi connectivity index (χ4v) is 4.05. The lowest BCUT2D eigenvalue weighted by Crippen LogP contribution is -2.48. The summed E-state index contributed by atoms with van der Waals surface area (Å²) in [4.78, 5) is 25.6. The molecule has 2 heterocycles. The Morgan fingerprint density at radius 2 is 1.73 bits per heavy atom. The Bertz CT molecular complexity index is 752. The minimum absolute atomic E-state index is 0.174. The summed E-state index contributed by atoms with van der Waals surface area (Å²) in [5, 5.41) is 0.689. The molecule has 5 nitrogen and oxygen atoms in total. The first kappa shape index (κ1) is 18.9. The summed E-state index contributed by atoms with van der Waals surface area (Å²) in [5.41, 5.74) is 4.52. The van der Waals surface area contributed by atoms with Crippen molar-refractivity contribution in [3.8, 4) is 0 Å². The number of aryl methyl sites for hydroxylation is 3. The Kier molecular flexibility index (Phi) is 6.27. The summed E-state index contributed by atoms with van der Waals surface area (Å²) in [7, 11) is 0. The zero-order valence-corrected chi connectivity index (χ0v) is 16.6. The van der Waals surface area contributed by atoms with Gasteiger partial charge in [-0.1, -0.05) is 41.6 Å². The Morgan fingerprint density at radius 3 is 2.38 bits per heavy atom. The van der Waals surface area contributed by atoms with Crippen LogP contribution >= 0.6 is 11.8 Å². The molecule has 1 aromatic heterocycles. The SMILES string of the molecule is Cc1cccc(CN2CCN(C(=O)CSc3nc(C)cc(C)n3)CC2)c1. The van der Waals surface area contributed by atoms with Crippen molar-refractivity contribution in [1.82, 2.24) is 19.8 Å². The van der Waals surface area contributed by atoms with Crippen molar-refractivity contribution in [2.24, 2.45) is 0 Å². The first-order chi connectivity index (χ1) is 12.5. The van der Waals surface area contributed by atoms with Gasteiger partial charge in [-0.15, -0.1) is 0 Å². The largest absolute Gasteiger partial charge is 0.339 e. The number of hydrogen-bond donors (Lipinski definition) is 0. The number of carbonyl (C=O) groups excluding carboxylic acids is 1. The van der Waals surface area contributed by atoms with Gasteiger partial charge in [-0.25, -0.2) is 9.97 Å². The van der Waals surface area contributed by atoms with Gasteiger partial charge in [-0.3, -0.25) is 9.69 Å². The molecule has 1 saturated heterocycles. The van der Waals surface area contributed by atoms with E-state index < -0.39 is 0 Å². The first-order valence-electron chi connectivity index (χ1n) is 9.00. The summed E-state index contributed by atoms with van der Waals surface area (Å²) in [6.45, 7) is 10.4. The number of amides is 1. The summed E-state index contributed by atoms with van der Waals surface area (Å²) in [6, 6.07) is 10.6. The quantitative estimate of drug-likeness (QED) is 0.598. The molecule has 1 aliphatic rings. The van der Waals surface area contributed by atoms with Crippen LogP contribution in [-0.2, 0) is 11.3 Å². The molecule has 1 aromatic carbocycles. The van der Waals surface area contributed by atoms with E-state index in [4.69, 9.17) is 0 Å². The van der Waals surface area contributed by atoms with Crippen LogP contribution in [0, 0.1) is 20.8 Å². The number of aromatic nitrogens is 2. The van der Waals surface area contributed by atoms with Crippen LogP contribution in [0.4, 0.5) is 0 Å². The second-order valence-corrected chi connectivity index (χ2v) is 7.81. The summed E-state index contributed by atoms with van der Waals surface area (Å²) < 4.78 is 0. The Labute approximate surface area is 159 Å². The van der Waals surface area contributed by atoms with Crippen molar-refractivity contribution >= 4 is 17.7 Å². The highest BCUT2D eigenvalue weighted by Crippen LogP contribution is 2.16. The first-order valence-corrected chi connectivity index (χ1v) is 9.99. The predicted octanol–water partition coefficient (Wildman–Crippen LogP) is 2.84. The molecule has 6 heteroatoms. The topological polar surface area (TPSA) is 49.3 Å². The van der Waals surface area contributed by atoms with Crippen molar-refractivity contribution < 1.29 is 4.79 Å². The molecule has 0 saturated carbocycles. The third kappa shape index (κ3) is 5.29. The van der Waals surface area contributed by atoms with Gasteiger partial charge in [0.15, 0.2) is 5.16 Å². The average Bonchev–Trinajstić information content (AvgIpc) is 2.59. The highest BCUT2D eigenvalue weighted by atomic mass is 32.2. The molecule has 0 unspecified atom stereocenters. The van der Waals surface area contributed by atoms with E-state index in [1.165, 1.54) is 22.9 Å². The molecule has 0 spiro atoms. The van der Waals surface area contributed by atoms with E-state index in [0.717, 1.165) is 44.1 Å². The van der Waals surface area contributed by atoms with E-state index in [1.54, 1.807) is 0 Å². The minimum Gasteiger partial charge on any atom is -0.339 e. The summed E-state index contributed by atoms with van der Waals surface area (Å²) in [5.74, 6) is 0.578. The minimum atomic E-state index is 0.174. The van der Waals surface area contributed by atoms with Crippen molar-refractivity contribution in [3.63, 3.8) is 0 Å². The van der Waals surface area contributed by atoms with Gasteiger partial charge in [0.05, 0.1) is 5.75 Å². The number of piperazine rings is 1. The molecule has 1 amide bonds. The van der Waals surface area contributed by atoms with E-state index in [9.17, 15) is 4.79 Å². The second-order valence-electron chi connectivity index (χ2n) is 6.87. The maximum Gasteiger partial charge on any atom is 0.233 e. The Hall–Kier alpha value is -1.92. The molecule has 0 bridgehead atoms. The number of rotatable bonds is 5. The van der Waals surface area contributed by atoms with Gasteiger partial charge < -0.3 is 4.90 Å². The van der Waals surface area contributed by atoms with Gasteiger partial charge >= 0.3 is 0 Å². The van der Waals surface area contributed by atoms with E-state index in [-0.39, 0.29) is 5.91 Å². The molecule has 26 heavy (non-hydrogen) atoms. The summed E-state index contributed by atoms with van der Waals surface area (Å²) in [6.07, 6.45) is 0. The lowest BCUT2D eigenvalue weighted by molar-refractivity contribution is -0.130. The van der Waals surface area contributed by atoms with E-state index in [1.807, 2.05) is 24.8 Å². The predicted molar refractivity (Wildman–Crippen MR) is 105 cm³/mol. The fraction of sp³-hybridized carbons (Fsp3) is 0.450. The number of benzene rings is 1. The molecular weight excluding hydrogens is 344 g/mol. The molecule has 2 aromatic rings. The third-order valence-electron chi connectivity index (χ3n) is 4.50. The molecular formula is C20H26N4OS. The van der Waals surface area contributed by atoms with Gasteiger partial charge in [0, 0.05) is 44.1 Å². The second kappa shape index (κ2) is 8.64. The molecule has 3 rings (SSSR count). The molecule has 138 valence electrons. The van der Waals surface area contributed by atoms with Crippen LogP contribution in [0.1, 0.15) is 22.5 Å². The number of carbonyl (C=O) groups is 1. The van der Waals surface area contributed by atoms with Crippen molar-refractivity contribution in [3.05, 3.63) is 52.8 Å². The third-order valence-corrected chi connectivity index (χ3v) is 5.33. The zero-order chi connectivity index (χ0) is 18.5. The zero-order valence-electron chi connectivity index (χ0n) is 15.7. The number of hydrogen-bond acceptors (Lipinski definition) is 5. The molecule has 1 aliphatic heterocycles. The van der Waals surface area contributed by atoms with E-state index in [0.29, 0.717) is 10.9 Å². The Morgan fingerprint density at radius 1 is 1.04 bits per heavy atom. The van der Waals surface area contributed by atoms with E-state index >= 15 is 0 Å². The molecule has 0 N–H and O–H groups in total. The highest BCUT2D eigenvalue weighted by Gasteiger charge is 2.21. The van der Waals surface area contributed by atoms with Crippen LogP contribution in [-0.4, -0.2) is 57.6 Å². The van der Waals surface area contributed by atoms with Crippen LogP contribution in [0.15, 0.2) is 35.5 Å². The normalized spacial score (nSPS) is 15.3. The lowest BCUT2D eigenvalue weighted by atomic mass is 10.1. The summed E-state index contributed by atoms with van der Waals surface area (Å²) >= 11 is 1.43. The van der Waals surface area contributed by atoms with Crippen molar-refractivity contribution in [2.45, 2.75) is 32.5 Å². The van der Waals surface area contributed by atoms with Crippen LogP contribution in [0.2, 0.25) is 0 Å². The van der Waals surface area contributed by atoms with Gasteiger partial charge in [0.25, 0.3) is 0 Å². The number of nitrogens with zero attached hydrogens (tertiary/aromatic N) is 4. The van der Waals surface area contributed by atoms with E-state index in [2.05, 4.69) is 46.1 Å². The van der Waals surface area contributed by atoms with Gasteiger partial charge in [-0.05, 0) is 32.4 Å². The smallest absolute Gasteiger partial charge is 0.233 e. The molecule has 0 aliphatic carbocycles. The highest BCUT2D eigenvalue weighted by molar-refractivity contribution is 7.99. The van der Waals surface area contributed by atoms with Gasteiger partial charge in [0.2, 0.25) is 5.91 Å². The van der Waals surface area contributed by atoms with Crippen LogP contribution < -0.4 is 0 Å². The molecule has 1 fully saturated rings. The van der Waals surface area contributed by atoms with Crippen LogP contribution in [0.25, 0.3) is 0 Å². The average molecular weight is 371 g/mol. The van der Waals surface area contributed by atoms with Crippen molar-refractivity contribution in [1.29, 1.82) is 0 Å². The lowest BCUT2D eigenvalue weighted by Gasteiger charge is -2.34. The van der Waals surface area contributed by atoms with Gasteiger partial charge in [-0.2, -0.15) is 0 Å². The molecule has 0 atom stereocenters. The van der Waals surface area contributed by atoms with Gasteiger partial charge in [0.1, 0.15) is 0 Å². The monoisotopic (exact) mass is 370 g/mol. The molecule has 0 radical (unpaired) electrons. The fourth-order valence-electron chi connectivity index (χ4n) is 3.20. The van der Waals surface area contributed by atoms with Crippen LogP contribution in [0.5, 0.6) is 0 Å². The standard InChI is InChI=1S/C20H26N4OS/c1-15-5-4-6-18(11-15)13-23-7-9-24(10-8-23)19(25)14-26-20-21-16(2)12-17(3)22-20/h4-6,11-12H,7-10,13-14H2,1-3H3. The van der Waals surface area contributed by atoms with Crippen molar-refractivity contribution in [2.75, 3.05) is 31.9 Å². The maximum absolute atomic E-state index is 12.5. The maximum atomic E-state index is 12.5. The van der Waals surface area contributed by atoms with Crippen LogP contribution in [0.3, 0.4) is 0 Å². The number of thioether (sulfide) groups is 1. The Balaban J connectivity index is 1.46.